The molecule has 4 aromatic carbocycles. The third-order valence-electron chi connectivity index (χ3n) is 6.79. The summed E-state index contributed by atoms with van der Waals surface area (Å²) in [4.78, 5) is 9.72. The van der Waals surface area contributed by atoms with Gasteiger partial charge in [0.15, 0.2) is 5.58 Å². The van der Waals surface area contributed by atoms with Crippen LogP contribution in [0.5, 0.6) is 5.75 Å². The van der Waals surface area contributed by atoms with E-state index < -0.39 is 0 Å². The van der Waals surface area contributed by atoms with E-state index in [1.54, 1.807) is 6.21 Å². The molecule has 0 amide bonds. The van der Waals surface area contributed by atoms with Gasteiger partial charge in [-0.05, 0) is 46.2 Å². The van der Waals surface area contributed by atoms with Crippen molar-refractivity contribution < 1.29 is 9.52 Å². The van der Waals surface area contributed by atoms with Crippen LogP contribution in [-0.2, 0) is 10.8 Å². The third kappa shape index (κ3) is 4.99. The second-order valence-electron chi connectivity index (χ2n) is 11.8. The van der Waals surface area contributed by atoms with E-state index in [1.807, 2.05) is 60.7 Å². The molecule has 0 saturated carbocycles. The fourth-order valence-electron chi connectivity index (χ4n) is 4.58. The average molecular weight is 503 g/mol. The maximum atomic E-state index is 11.2. The molecule has 4 heteroatoms. The van der Waals surface area contributed by atoms with Gasteiger partial charge in [0.1, 0.15) is 11.3 Å². The van der Waals surface area contributed by atoms with Crippen molar-refractivity contribution >= 4 is 23.0 Å². The van der Waals surface area contributed by atoms with Gasteiger partial charge in [-0.1, -0.05) is 102 Å². The van der Waals surface area contributed by atoms with E-state index in [0.717, 1.165) is 44.6 Å². The Morgan fingerprint density at radius 1 is 0.763 bits per heavy atom. The van der Waals surface area contributed by atoms with Gasteiger partial charge in [-0.25, -0.2) is 4.98 Å². The fraction of sp³-hybridized carbons (Fsp3) is 0.235. The SMILES string of the molecule is CC(C)(C)c1cc(C=Nc2ccccc2-c2nc3c(-c4ccccc4)cccc3o2)c(O)c(C(C)(C)C)c1. The summed E-state index contributed by atoms with van der Waals surface area (Å²) in [6, 6.07) is 28.1. The molecular weight excluding hydrogens is 468 g/mol. The molecule has 0 spiro atoms. The molecule has 0 unspecified atom stereocenters. The number of hydrogen-bond donors (Lipinski definition) is 1. The van der Waals surface area contributed by atoms with Crippen molar-refractivity contribution in [1.29, 1.82) is 0 Å². The number of rotatable bonds is 4. The quantitative estimate of drug-likeness (QED) is 0.249. The number of aliphatic imine (C=N–C) groups is 1. The summed E-state index contributed by atoms with van der Waals surface area (Å²) in [6.07, 6.45) is 1.75. The van der Waals surface area contributed by atoms with E-state index in [9.17, 15) is 5.11 Å². The van der Waals surface area contributed by atoms with Crippen LogP contribution in [0.15, 0.2) is 94.3 Å². The zero-order valence-corrected chi connectivity index (χ0v) is 22.9. The standard InChI is InChI=1S/C34H34N2O2/c1-33(2,3)24-19-23(31(37)27(20-24)34(4,5)6)21-35-28-17-11-10-15-26(28)32-36-30-25(16-12-18-29(30)38-32)22-13-8-7-9-14-22/h7-21,37H,1-6H3. The van der Waals surface area contributed by atoms with Crippen molar-refractivity contribution in [1.82, 2.24) is 4.98 Å². The predicted molar refractivity (Wildman–Crippen MR) is 158 cm³/mol. The molecule has 0 aliphatic rings. The van der Waals surface area contributed by atoms with Gasteiger partial charge in [0.25, 0.3) is 0 Å². The summed E-state index contributed by atoms with van der Waals surface area (Å²) in [5.41, 5.74) is 7.66. The van der Waals surface area contributed by atoms with E-state index in [2.05, 4.69) is 65.8 Å². The van der Waals surface area contributed by atoms with Crippen molar-refractivity contribution in [3.8, 4) is 28.3 Å². The first-order valence-corrected chi connectivity index (χ1v) is 13.0. The number of nitrogens with zero attached hydrogens (tertiary/aromatic N) is 2. The summed E-state index contributed by atoms with van der Waals surface area (Å²) in [5.74, 6) is 0.778. The van der Waals surface area contributed by atoms with Crippen LogP contribution in [0.25, 0.3) is 33.7 Å². The van der Waals surface area contributed by atoms with Crippen LogP contribution in [0, 0.1) is 0 Å². The molecule has 1 N–H and O–H groups in total. The molecule has 0 bridgehead atoms. The summed E-state index contributed by atoms with van der Waals surface area (Å²) in [6.45, 7) is 12.9. The zero-order chi connectivity index (χ0) is 27.1. The normalized spacial score (nSPS) is 12.5. The van der Waals surface area contributed by atoms with Gasteiger partial charge in [-0.15, -0.1) is 0 Å². The van der Waals surface area contributed by atoms with E-state index in [0.29, 0.717) is 11.5 Å². The number of phenolic OH excluding ortho intramolecular Hbond substituents is 1. The molecule has 192 valence electrons. The van der Waals surface area contributed by atoms with Crippen molar-refractivity contribution in [2.45, 2.75) is 52.4 Å². The molecule has 0 saturated heterocycles. The largest absolute Gasteiger partial charge is 0.507 e. The van der Waals surface area contributed by atoms with Crippen LogP contribution >= 0.6 is 0 Å². The Balaban J connectivity index is 1.59. The number of phenols is 1. The molecule has 5 rings (SSSR count). The Morgan fingerprint density at radius 2 is 1.45 bits per heavy atom. The van der Waals surface area contributed by atoms with E-state index in [4.69, 9.17) is 14.4 Å². The topological polar surface area (TPSA) is 58.6 Å². The number of benzene rings is 4. The predicted octanol–water partition coefficient (Wildman–Crippen LogP) is 9.21. The average Bonchev–Trinajstić information content (AvgIpc) is 3.32. The van der Waals surface area contributed by atoms with Gasteiger partial charge < -0.3 is 9.52 Å². The molecular formula is C34H34N2O2. The third-order valence-corrected chi connectivity index (χ3v) is 6.79. The van der Waals surface area contributed by atoms with Gasteiger partial charge in [0.05, 0.1) is 11.3 Å². The van der Waals surface area contributed by atoms with Crippen molar-refractivity contribution in [3.05, 3.63) is 102 Å². The Labute approximate surface area is 224 Å². The Kier molecular flexibility index (Phi) is 6.44. The van der Waals surface area contributed by atoms with Crippen LogP contribution in [0.3, 0.4) is 0 Å². The van der Waals surface area contributed by atoms with Crippen LogP contribution in [0.2, 0.25) is 0 Å². The number of hydrogen-bond acceptors (Lipinski definition) is 4. The molecule has 38 heavy (non-hydrogen) atoms. The van der Waals surface area contributed by atoms with Gasteiger partial charge in [0, 0.05) is 22.9 Å². The zero-order valence-electron chi connectivity index (χ0n) is 22.9. The van der Waals surface area contributed by atoms with E-state index in [-0.39, 0.29) is 16.6 Å². The van der Waals surface area contributed by atoms with Gasteiger partial charge in [-0.3, -0.25) is 4.99 Å². The molecule has 0 aliphatic heterocycles. The fourth-order valence-corrected chi connectivity index (χ4v) is 4.58. The van der Waals surface area contributed by atoms with Crippen molar-refractivity contribution in [3.63, 3.8) is 0 Å². The second kappa shape index (κ2) is 9.60. The lowest BCUT2D eigenvalue weighted by molar-refractivity contribution is 0.444. The lowest BCUT2D eigenvalue weighted by Gasteiger charge is -2.27. The minimum absolute atomic E-state index is 0.0666. The lowest BCUT2D eigenvalue weighted by Crippen LogP contribution is -2.17. The van der Waals surface area contributed by atoms with Crippen LogP contribution in [-0.4, -0.2) is 16.3 Å². The highest BCUT2D eigenvalue weighted by Crippen LogP contribution is 2.38. The number of oxazole rings is 1. The molecule has 5 aromatic rings. The Morgan fingerprint density at radius 3 is 2.16 bits per heavy atom. The Hall–Kier alpha value is -4.18. The molecule has 0 radical (unpaired) electrons. The van der Waals surface area contributed by atoms with Gasteiger partial charge in [-0.2, -0.15) is 0 Å². The molecule has 1 heterocycles. The molecule has 0 aliphatic carbocycles. The first-order valence-electron chi connectivity index (χ1n) is 13.0. The van der Waals surface area contributed by atoms with E-state index in [1.165, 1.54) is 0 Å². The highest BCUT2D eigenvalue weighted by Gasteiger charge is 2.24. The number of para-hydroxylation sites is 2. The molecule has 0 fully saturated rings. The monoisotopic (exact) mass is 502 g/mol. The smallest absolute Gasteiger partial charge is 0.229 e. The van der Waals surface area contributed by atoms with Crippen LogP contribution in [0.1, 0.15) is 58.2 Å². The summed E-state index contributed by atoms with van der Waals surface area (Å²) >= 11 is 0. The number of aromatic hydroxyl groups is 1. The number of aromatic nitrogens is 1. The highest BCUT2D eigenvalue weighted by atomic mass is 16.3. The second-order valence-corrected chi connectivity index (χ2v) is 11.8. The summed E-state index contributed by atoms with van der Waals surface area (Å²) in [5, 5.41) is 11.2. The minimum Gasteiger partial charge on any atom is -0.507 e. The first-order chi connectivity index (χ1) is 18.0. The summed E-state index contributed by atoms with van der Waals surface area (Å²) < 4.78 is 6.23. The minimum atomic E-state index is -0.208. The van der Waals surface area contributed by atoms with Gasteiger partial charge in [0.2, 0.25) is 5.89 Å². The van der Waals surface area contributed by atoms with Crippen molar-refractivity contribution in [2.75, 3.05) is 0 Å². The maximum Gasteiger partial charge on any atom is 0.229 e. The van der Waals surface area contributed by atoms with Gasteiger partial charge >= 0.3 is 0 Å². The molecule has 1 aromatic heterocycles. The van der Waals surface area contributed by atoms with Crippen molar-refractivity contribution in [2.24, 2.45) is 4.99 Å². The first kappa shape index (κ1) is 25.5. The molecule has 0 atom stereocenters. The van der Waals surface area contributed by atoms with E-state index >= 15 is 0 Å². The number of fused-ring (bicyclic) bond motifs is 1. The Bertz CT molecular complexity index is 1630. The summed E-state index contributed by atoms with van der Waals surface area (Å²) in [7, 11) is 0. The maximum absolute atomic E-state index is 11.2. The molecule has 4 nitrogen and oxygen atoms in total. The van der Waals surface area contributed by atoms with Crippen LogP contribution < -0.4 is 0 Å². The highest BCUT2D eigenvalue weighted by molar-refractivity contribution is 5.93. The lowest BCUT2D eigenvalue weighted by atomic mass is 9.79. The van der Waals surface area contributed by atoms with Crippen LogP contribution in [0.4, 0.5) is 5.69 Å².